The van der Waals surface area contributed by atoms with Crippen LogP contribution in [0.25, 0.3) is 0 Å². The van der Waals surface area contributed by atoms with Gasteiger partial charge >= 0.3 is 0 Å². The van der Waals surface area contributed by atoms with Gasteiger partial charge in [0.1, 0.15) is 0 Å². The zero-order chi connectivity index (χ0) is 15.8. The fourth-order valence-electron chi connectivity index (χ4n) is 2.63. The smallest absolute Gasteiger partial charge is 0.293 e. The lowest BCUT2D eigenvalue weighted by Gasteiger charge is -2.39. The van der Waals surface area contributed by atoms with Crippen LogP contribution >= 0.6 is 0 Å². The summed E-state index contributed by atoms with van der Waals surface area (Å²) in [4.78, 5) is 18.9. The van der Waals surface area contributed by atoms with E-state index < -0.39 is 0 Å². The van der Waals surface area contributed by atoms with Crippen molar-refractivity contribution in [3.05, 3.63) is 22.7 Å². The summed E-state index contributed by atoms with van der Waals surface area (Å²) in [5.41, 5.74) is 5.10. The molecule has 1 saturated heterocycles. The zero-order valence-corrected chi connectivity index (χ0v) is 13.3. The summed E-state index contributed by atoms with van der Waals surface area (Å²) < 4.78 is 1.72. The minimum atomic E-state index is -0.265. The molecule has 3 N–H and O–H groups in total. The number of hydrogen-bond donors (Lipinski definition) is 2. The lowest BCUT2D eigenvalue weighted by molar-refractivity contribution is 0.346. The number of piperidine rings is 1. The molecule has 0 spiro atoms. The number of nitrogens with zero attached hydrogens (tertiary/aromatic N) is 3. The number of nitrogens with two attached hydrogens (primary N) is 1. The molecule has 0 aliphatic carbocycles. The second-order valence-corrected chi connectivity index (χ2v) is 7.06. The van der Waals surface area contributed by atoms with Crippen LogP contribution in [0.5, 0.6) is 0 Å². The Labute approximate surface area is 125 Å². The van der Waals surface area contributed by atoms with Gasteiger partial charge in [-0.25, -0.2) is 4.98 Å². The molecule has 0 unspecified atom stereocenters. The maximum absolute atomic E-state index is 12.6. The maximum Gasteiger partial charge on any atom is 0.293 e. The van der Waals surface area contributed by atoms with Crippen molar-refractivity contribution in [1.82, 2.24) is 9.55 Å². The SMILES string of the molecule is CC1(C(=N)N)CCN(c2nccn(C(C)(C)C)c2=O)CC1. The predicted octanol–water partition coefficient (Wildman–Crippen LogP) is 1.54. The molecule has 116 valence electrons. The second kappa shape index (κ2) is 5.16. The Morgan fingerprint density at radius 1 is 1.38 bits per heavy atom. The lowest BCUT2D eigenvalue weighted by Crippen LogP contribution is -2.47. The van der Waals surface area contributed by atoms with Crippen molar-refractivity contribution in [2.24, 2.45) is 11.1 Å². The zero-order valence-electron chi connectivity index (χ0n) is 13.3. The molecule has 1 aliphatic rings. The molecular formula is C15H25N5O. The highest BCUT2D eigenvalue weighted by molar-refractivity contribution is 5.83. The Morgan fingerprint density at radius 2 is 1.95 bits per heavy atom. The van der Waals surface area contributed by atoms with E-state index in [1.807, 2.05) is 32.6 Å². The largest absolute Gasteiger partial charge is 0.387 e. The van der Waals surface area contributed by atoms with E-state index in [9.17, 15) is 4.79 Å². The van der Waals surface area contributed by atoms with E-state index in [2.05, 4.69) is 4.98 Å². The van der Waals surface area contributed by atoms with Crippen molar-refractivity contribution < 1.29 is 0 Å². The Morgan fingerprint density at radius 3 is 2.43 bits per heavy atom. The summed E-state index contributed by atoms with van der Waals surface area (Å²) in [6.07, 6.45) is 4.96. The van der Waals surface area contributed by atoms with Gasteiger partial charge in [-0.1, -0.05) is 6.92 Å². The lowest BCUT2D eigenvalue weighted by atomic mass is 9.79. The van der Waals surface area contributed by atoms with Crippen LogP contribution in [0, 0.1) is 10.8 Å². The normalized spacial score (nSPS) is 18.6. The molecule has 21 heavy (non-hydrogen) atoms. The highest BCUT2D eigenvalue weighted by Gasteiger charge is 2.34. The third kappa shape index (κ3) is 2.94. The summed E-state index contributed by atoms with van der Waals surface area (Å²) in [6, 6.07) is 0. The quantitative estimate of drug-likeness (QED) is 0.639. The Hall–Kier alpha value is -1.85. The monoisotopic (exact) mass is 291 g/mol. The molecule has 0 saturated carbocycles. The van der Waals surface area contributed by atoms with Crippen LogP contribution in [0.4, 0.5) is 5.82 Å². The van der Waals surface area contributed by atoms with E-state index in [0.717, 1.165) is 12.8 Å². The molecule has 1 aromatic rings. The number of nitrogens with one attached hydrogen (secondary N) is 1. The average Bonchev–Trinajstić information content (AvgIpc) is 2.39. The van der Waals surface area contributed by atoms with Crippen LogP contribution in [0.3, 0.4) is 0 Å². The van der Waals surface area contributed by atoms with E-state index in [0.29, 0.717) is 18.9 Å². The molecule has 1 aromatic heterocycles. The first-order chi connectivity index (χ1) is 9.65. The molecule has 1 fully saturated rings. The molecule has 2 rings (SSSR count). The van der Waals surface area contributed by atoms with Gasteiger partial charge in [0.15, 0.2) is 5.82 Å². The molecule has 0 radical (unpaired) electrons. The van der Waals surface area contributed by atoms with E-state index >= 15 is 0 Å². The Kier molecular flexibility index (Phi) is 3.82. The predicted molar refractivity (Wildman–Crippen MR) is 85.0 cm³/mol. The van der Waals surface area contributed by atoms with Gasteiger partial charge in [0, 0.05) is 36.4 Å². The molecule has 0 atom stereocenters. The van der Waals surface area contributed by atoms with Crippen LogP contribution in [0.1, 0.15) is 40.5 Å². The minimum absolute atomic E-state index is 0.0589. The molecule has 0 amide bonds. The van der Waals surface area contributed by atoms with Crippen LogP contribution in [0.15, 0.2) is 17.2 Å². The minimum Gasteiger partial charge on any atom is -0.387 e. The molecule has 2 heterocycles. The number of rotatable bonds is 2. The van der Waals surface area contributed by atoms with E-state index in [1.54, 1.807) is 17.0 Å². The first-order valence-corrected chi connectivity index (χ1v) is 7.33. The standard InChI is InChI=1S/C15H25N5O/c1-14(2,3)20-10-7-18-11(12(20)21)19-8-5-15(4,6-9-19)13(16)17/h7,10H,5-6,8-9H2,1-4H3,(H3,16,17). The number of aromatic nitrogens is 2. The Bertz CT molecular complexity index is 591. The van der Waals surface area contributed by atoms with Crippen molar-refractivity contribution in [3.8, 4) is 0 Å². The number of anilines is 1. The maximum atomic E-state index is 12.6. The molecule has 0 aromatic carbocycles. The first-order valence-electron chi connectivity index (χ1n) is 7.33. The van der Waals surface area contributed by atoms with E-state index in [-0.39, 0.29) is 22.3 Å². The second-order valence-electron chi connectivity index (χ2n) is 7.06. The fraction of sp³-hybridized carbons (Fsp3) is 0.667. The van der Waals surface area contributed by atoms with E-state index in [4.69, 9.17) is 11.1 Å². The molecule has 6 heteroatoms. The third-order valence-electron chi connectivity index (χ3n) is 4.36. The highest BCUT2D eigenvalue weighted by Crippen LogP contribution is 2.31. The fourth-order valence-corrected chi connectivity index (χ4v) is 2.63. The van der Waals surface area contributed by atoms with Crippen molar-refractivity contribution >= 4 is 11.7 Å². The van der Waals surface area contributed by atoms with Crippen molar-refractivity contribution in [1.29, 1.82) is 5.41 Å². The summed E-state index contributed by atoms with van der Waals surface area (Å²) in [7, 11) is 0. The summed E-state index contributed by atoms with van der Waals surface area (Å²) in [6.45, 7) is 9.42. The molecule has 1 aliphatic heterocycles. The van der Waals surface area contributed by atoms with Crippen molar-refractivity contribution in [2.45, 2.75) is 46.1 Å². The summed E-state index contributed by atoms with van der Waals surface area (Å²) >= 11 is 0. The van der Waals surface area contributed by atoms with Gasteiger partial charge in [-0.15, -0.1) is 0 Å². The van der Waals surface area contributed by atoms with Crippen LogP contribution < -0.4 is 16.2 Å². The summed E-state index contributed by atoms with van der Waals surface area (Å²) in [5.74, 6) is 0.730. The molecule has 6 nitrogen and oxygen atoms in total. The topological polar surface area (TPSA) is 88.0 Å². The summed E-state index contributed by atoms with van der Waals surface area (Å²) in [5, 5.41) is 7.69. The van der Waals surface area contributed by atoms with Crippen LogP contribution in [0.2, 0.25) is 0 Å². The molecular weight excluding hydrogens is 266 g/mol. The first kappa shape index (κ1) is 15.5. The van der Waals surface area contributed by atoms with Gasteiger partial charge in [-0.05, 0) is 33.6 Å². The van der Waals surface area contributed by atoms with Gasteiger partial charge in [0.05, 0.1) is 5.84 Å². The van der Waals surface area contributed by atoms with Crippen LogP contribution in [-0.2, 0) is 5.54 Å². The molecule has 0 bridgehead atoms. The highest BCUT2D eigenvalue weighted by atomic mass is 16.1. The Balaban J connectivity index is 2.26. The van der Waals surface area contributed by atoms with Crippen molar-refractivity contribution in [3.63, 3.8) is 0 Å². The number of amidine groups is 1. The van der Waals surface area contributed by atoms with Crippen LogP contribution in [-0.4, -0.2) is 28.5 Å². The van der Waals surface area contributed by atoms with Gasteiger partial charge in [0.25, 0.3) is 5.56 Å². The number of hydrogen-bond acceptors (Lipinski definition) is 4. The van der Waals surface area contributed by atoms with E-state index in [1.165, 1.54) is 0 Å². The van der Waals surface area contributed by atoms with Gasteiger partial charge in [0.2, 0.25) is 0 Å². The average molecular weight is 291 g/mol. The van der Waals surface area contributed by atoms with Crippen molar-refractivity contribution in [2.75, 3.05) is 18.0 Å². The van der Waals surface area contributed by atoms with Gasteiger partial charge < -0.3 is 15.2 Å². The third-order valence-corrected chi connectivity index (χ3v) is 4.36. The van der Waals surface area contributed by atoms with Gasteiger partial charge in [-0.3, -0.25) is 10.2 Å². The van der Waals surface area contributed by atoms with Gasteiger partial charge in [-0.2, -0.15) is 0 Å².